The van der Waals surface area contributed by atoms with Crippen molar-refractivity contribution in [3.63, 3.8) is 0 Å². The predicted molar refractivity (Wildman–Crippen MR) is 143 cm³/mol. The van der Waals surface area contributed by atoms with Gasteiger partial charge in [-0.05, 0) is 25.7 Å². The second-order valence-electron chi connectivity index (χ2n) is 10.2. The molecule has 0 N–H and O–H groups in total. The minimum absolute atomic E-state index is 0.00166. The van der Waals surface area contributed by atoms with Crippen molar-refractivity contribution in [1.82, 2.24) is 0 Å². The quantitative estimate of drug-likeness (QED) is 0.107. The summed E-state index contributed by atoms with van der Waals surface area (Å²) in [6, 6.07) is 0. The summed E-state index contributed by atoms with van der Waals surface area (Å²) in [5, 5.41) is 2.13. The Hall–Kier alpha value is -0.490. The van der Waals surface area contributed by atoms with E-state index in [0.29, 0.717) is 13.2 Å². The normalized spacial score (nSPS) is 18.1. The fraction of sp³-hybridized carbons (Fsp3) is 0.897. The highest BCUT2D eigenvalue weighted by Gasteiger charge is 2.25. The predicted octanol–water partition coefficient (Wildman–Crippen LogP) is 8.23. The van der Waals surface area contributed by atoms with Crippen molar-refractivity contribution in [2.75, 3.05) is 19.8 Å². The van der Waals surface area contributed by atoms with Crippen molar-refractivity contribution in [1.29, 1.82) is 0 Å². The Morgan fingerprint density at radius 2 is 1.41 bits per heavy atom. The van der Waals surface area contributed by atoms with Gasteiger partial charge in [-0.15, -0.1) is 0 Å². The van der Waals surface area contributed by atoms with Crippen molar-refractivity contribution in [2.24, 2.45) is 0 Å². The van der Waals surface area contributed by atoms with Gasteiger partial charge in [-0.1, -0.05) is 108 Å². The third-order valence-electron chi connectivity index (χ3n) is 6.89. The maximum Gasteiger partial charge on any atom is 0.224 e. The Balaban J connectivity index is 1.26. The van der Waals surface area contributed by atoms with E-state index >= 15 is 0 Å². The van der Waals surface area contributed by atoms with Crippen LogP contribution in [0.25, 0.3) is 0 Å². The first kappa shape index (κ1) is 29.7. The largest absolute Gasteiger partial charge is 0.379 e. The highest BCUT2D eigenvalue weighted by atomic mass is 32.1. The first-order chi connectivity index (χ1) is 16.9. The van der Waals surface area contributed by atoms with Gasteiger partial charge in [0, 0.05) is 13.0 Å². The minimum atomic E-state index is -0.00166. The summed E-state index contributed by atoms with van der Waals surface area (Å²) < 4.78 is 19.9. The maximum absolute atomic E-state index is 6.01. The van der Waals surface area contributed by atoms with Crippen LogP contribution in [0.2, 0.25) is 0 Å². The van der Waals surface area contributed by atoms with Gasteiger partial charge in [0.15, 0.2) is 12.5 Å². The summed E-state index contributed by atoms with van der Waals surface area (Å²) in [5.41, 5.74) is 2.17. The van der Waals surface area contributed by atoms with Crippen LogP contribution in [0.4, 0.5) is 0 Å². The van der Waals surface area contributed by atoms with E-state index in [0.717, 1.165) is 26.0 Å². The number of unbranched alkanes of at least 4 members (excludes halogenated alkanes) is 16. The van der Waals surface area contributed by atoms with Crippen LogP contribution in [0, 0.1) is 0 Å². The third kappa shape index (κ3) is 16.2. The number of thiazole rings is 1. The smallest absolute Gasteiger partial charge is 0.224 e. The van der Waals surface area contributed by atoms with Gasteiger partial charge < -0.3 is 14.2 Å². The Morgan fingerprint density at radius 3 is 2.03 bits per heavy atom. The summed E-state index contributed by atoms with van der Waals surface area (Å²) in [5.74, 6) is 0. The third-order valence-corrected chi connectivity index (χ3v) is 7.56. The highest BCUT2D eigenvalue weighted by molar-refractivity contribution is 7.07. The lowest BCUT2D eigenvalue weighted by Gasteiger charge is -2.12. The monoisotopic (exact) mass is 496 g/mol. The molecule has 0 aromatic carbocycles. The number of ether oxygens (including phenoxy) is 3. The van der Waals surface area contributed by atoms with E-state index < -0.39 is 0 Å². The zero-order valence-corrected chi connectivity index (χ0v) is 23.0. The second-order valence-corrected chi connectivity index (χ2v) is 10.9. The number of hydrogen-bond acceptors (Lipinski definition) is 4. The van der Waals surface area contributed by atoms with Crippen LogP contribution in [-0.4, -0.2) is 32.2 Å². The Bertz CT molecular complexity index is 539. The molecule has 1 saturated heterocycles. The second kappa shape index (κ2) is 21.8. The lowest BCUT2D eigenvalue weighted by molar-refractivity contribution is -0.692. The summed E-state index contributed by atoms with van der Waals surface area (Å²) in [6.07, 6.45) is 27.9. The molecule has 1 aromatic rings. The van der Waals surface area contributed by atoms with Gasteiger partial charge in [0.25, 0.3) is 0 Å². The first-order valence-corrected chi connectivity index (χ1v) is 15.6. The van der Waals surface area contributed by atoms with Gasteiger partial charge in [0.1, 0.15) is 12.6 Å². The molecule has 2 rings (SSSR count). The van der Waals surface area contributed by atoms with E-state index in [1.807, 2.05) is 0 Å². The molecular weight excluding hydrogens is 442 g/mol. The highest BCUT2D eigenvalue weighted by Crippen LogP contribution is 2.19. The van der Waals surface area contributed by atoms with E-state index in [4.69, 9.17) is 14.2 Å². The molecular formula is C29H54NO3S+. The molecule has 0 amide bonds. The Kier molecular flexibility index (Phi) is 19.0. The van der Waals surface area contributed by atoms with Crippen molar-refractivity contribution in [2.45, 2.75) is 148 Å². The molecule has 5 heteroatoms. The molecule has 1 aromatic heterocycles. The Morgan fingerprint density at radius 1 is 0.794 bits per heavy atom. The van der Waals surface area contributed by atoms with Crippen molar-refractivity contribution in [3.8, 4) is 0 Å². The zero-order chi connectivity index (χ0) is 23.9. The van der Waals surface area contributed by atoms with Crippen molar-refractivity contribution >= 4 is 11.3 Å². The van der Waals surface area contributed by atoms with Crippen molar-refractivity contribution in [3.05, 3.63) is 17.1 Å². The molecule has 4 nitrogen and oxygen atoms in total. The average molecular weight is 497 g/mol. The van der Waals surface area contributed by atoms with Crippen LogP contribution in [0.5, 0.6) is 0 Å². The molecule has 198 valence electrons. The van der Waals surface area contributed by atoms with Crippen LogP contribution < -0.4 is 4.57 Å². The molecule has 0 radical (unpaired) electrons. The van der Waals surface area contributed by atoms with Gasteiger partial charge in [0.05, 0.1) is 18.6 Å². The van der Waals surface area contributed by atoms with Crippen LogP contribution in [0.15, 0.2) is 17.1 Å². The van der Waals surface area contributed by atoms with Crippen LogP contribution in [-0.2, 0) is 20.8 Å². The molecule has 2 unspecified atom stereocenters. The van der Waals surface area contributed by atoms with Gasteiger partial charge in [-0.3, -0.25) is 0 Å². The topological polar surface area (TPSA) is 31.6 Å². The lowest BCUT2D eigenvalue weighted by Crippen LogP contribution is -2.29. The number of hydrogen-bond donors (Lipinski definition) is 0. The SMILES string of the molecule is CCCCCCCCCCCCCCCCCC1OCC(COCCCCC[n+]2ccsc2)O1. The summed E-state index contributed by atoms with van der Waals surface area (Å²) in [4.78, 5) is 0. The molecule has 0 bridgehead atoms. The van der Waals surface area contributed by atoms with Crippen LogP contribution in [0.3, 0.4) is 0 Å². The van der Waals surface area contributed by atoms with Crippen LogP contribution >= 0.6 is 11.3 Å². The summed E-state index contributed by atoms with van der Waals surface area (Å²) in [6.45, 7) is 5.61. The maximum atomic E-state index is 6.01. The molecule has 0 aliphatic carbocycles. The zero-order valence-electron chi connectivity index (χ0n) is 22.2. The van der Waals surface area contributed by atoms with Gasteiger partial charge in [0.2, 0.25) is 5.51 Å². The first-order valence-electron chi connectivity index (χ1n) is 14.6. The Labute approximate surface area is 214 Å². The van der Waals surface area contributed by atoms with E-state index in [9.17, 15) is 0 Å². The number of aromatic nitrogens is 1. The lowest BCUT2D eigenvalue weighted by atomic mass is 10.0. The van der Waals surface area contributed by atoms with Crippen LogP contribution in [0.1, 0.15) is 129 Å². The number of aryl methyl sites for hydroxylation is 1. The molecule has 2 atom stereocenters. The fourth-order valence-electron chi connectivity index (χ4n) is 4.71. The molecule has 1 aliphatic heterocycles. The molecule has 1 aliphatic rings. The number of rotatable bonds is 24. The van der Waals surface area contributed by atoms with E-state index in [1.165, 1.54) is 109 Å². The average Bonchev–Trinajstić information content (AvgIpc) is 3.53. The molecule has 34 heavy (non-hydrogen) atoms. The van der Waals surface area contributed by atoms with Gasteiger partial charge in [-0.25, -0.2) is 0 Å². The molecule has 0 saturated carbocycles. The van der Waals surface area contributed by atoms with Crippen molar-refractivity contribution < 1.29 is 18.8 Å². The number of nitrogens with zero attached hydrogens (tertiary/aromatic N) is 1. The molecule has 0 spiro atoms. The summed E-state index contributed by atoms with van der Waals surface area (Å²) in [7, 11) is 0. The summed E-state index contributed by atoms with van der Waals surface area (Å²) >= 11 is 1.75. The standard InChI is InChI=1S/C29H54NO3S/c1-2-3-4-5-6-7-8-9-10-11-12-13-14-15-17-20-29-32-26-28(33-29)25-31-23-19-16-18-21-30-22-24-34-27-30/h22,24,27-29H,2-21,23,25-26H2,1H3/q+1. The molecule has 2 heterocycles. The van der Waals surface area contributed by atoms with E-state index in [-0.39, 0.29) is 12.4 Å². The van der Waals surface area contributed by atoms with Gasteiger partial charge in [-0.2, -0.15) is 4.57 Å². The van der Waals surface area contributed by atoms with E-state index in [2.05, 4.69) is 28.6 Å². The molecule has 1 fully saturated rings. The van der Waals surface area contributed by atoms with E-state index in [1.54, 1.807) is 11.3 Å². The van der Waals surface area contributed by atoms with Gasteiger partial charge >= 0.3 is 0 Å². The fourth-order valence-corrected chi connectivity index (χ4v) is 5.34. The minimum Gasteiger partial charge on any atom is -0.379 e.